The van der Waals surface area contributed by atoms with E-state index in [1.165, 1.54) is 5.56 Å². The zero-order valence-corrected chi connectivity index (χ0v) is 15.0. The maximum absolute atomic E-state index is 12.4. The molecule has 0 unspecified atom stereocenters. The van der Waals surface area contributed by atoms with Gasteiger partial charge in [0, 0.05) is 39.1 Å². The number of ether oxygens (including phenoxy) is 1. The highest BCUT2D eigenvalue weighted by molar-refractivity contribution is 5.76. The molecule has 0 aromatic heterocycles. The van der Waals surface area contributed by atoms with E-state index in [2.05, 4.69) is 25.7 Å². The summed E-state index contributed by atoms with van der Waals surface area (Å²) in [5, 5.41) is 0. The van der Waals surface area contributed by atoms with Gasteiger partial charge in [-0.3, -0.25) is 9.69 Å². The van der Waals surface area contributed by atoms with E-state index in [1.807, 2.05) is 29.2 Å². The van der Waals surface area contributed by atoms with Crippen LogP contribution in [0.5, 0.6) is 5.75 Å². The molecule has 1 saturated heterocycles. The third-order valence-corrected chi connectivity index (χ3v) is 4.21. The SMILES string of the molecule is COc1ccc(CCC(=O)N2CCN(CC(C)(C)C)CC2)cc1. The Bertz CT molecular complexity index is 497. The quantitative estimate of drug-likeness (QED) is 0.837. The normalized spacial score (nSPS) is 16.4. The van der Waals surface area contributed by atoms with Crippen molar-refractivity contribution in [3.63, 3.8) is 0 Å². The molecule has 0 N–H and O–H groups in total. The van der Waals surface area contributed by atoms with Gasteiger partial charge in [-0.05, 0) is 29.5 Å². The Morgan fingerprint density at radius 3 is 2.22 bits per heavy atom. The molecule has 1 aliphatic rings. The number of piperazine rings is 1. The first-order valence-corrected chi connectivity index (χ1v) is 8.50. The molecule has 4 heteroatoms. The lowest BCUT2D eigenvalue weighted by atomic mass is 9.96. The monoisotopic (exact) mass is 318 g/mol. The molecule has 1 heterocycles. The second-order valence-electron chi connectivity index (χ2n) is 7.57. The minimum Gasteiger partial charge on any atom is -0.497 e. The Morgan fingerprint density at radius 2 is 1.70 bits per heavy atom. The van der Waals surface area contributed by atoms with Crippen LogP contribution in [0.2, 0.25) is 0 Å². The number of hydrogen-bond donors (Lipinski definition) is 0. The van der Waals surface area contributed by atoms with Gasteiger partial charge in [0.25, 0.3) is 0 Å². The average Bonchev–Trinajstić information content (AvgIpc) is 2.52. The van der Waals surface area contributed by atoms with Crippen molar-refractivity contribution in [2.75, 3.05) is 39.8 Å². The number of benzene rings is 1. The van der Waals surface area contributed by atoms with Gasteiger partial charge in [-0.15, -0.1) is 0 Å². The molecular weight excluding hydrogens is 288 g/mol. The lowest BCUT2D eigenvalue weighted by molar-refractivity contribution is -0.133. The van der Waals surface area contributed by atoms with Crippen LogP contribution in [0.25, 0.3) is 0 Å². The van der Waals surface area contributed by atoms with Crippen molar-refractivity contribution < 1.29 is 9.53 Å². The molecule has 128 valence electrons. The summed E-state index contributed by atoms with van der Waals surface area (Å²) in [7, 11) is 1.66. The molecule has 2 rings (SSSR count). The maximum atomic E-state index is 12.4. The summed E-state index contributed by atoms with van der Waals surface area (Å²) in [6, 6.07) is 7.97. The van der Waals surface area contributed by atoms with Crippen molar-refractivity contribution in [1.29, 1.82) is 0 Å². The van der Waals surface area contributed by atoms with Gasteiger partial charge < -0.3 is 9.64 Å². The second kappa shape index (κ2) is 7.82. The van der Waals surface area contributed by atoms with E-state index in [4.69, 9.17) is 4.74 Å². The maximum Gasteiger partial charge on any atom is 0.222 e. The first-order valence-electron chi connectivity index (χ1n) is 8.50. The van der Waals surface area contributed by atoms with Crippen molar-refractivity contribution in [2.45, 2.75) is 33.6 Å². The molecule has 1 fully saturated rings. The van der Waals surface area contributed by atoms with Gasteiger partial charge in [-0.2, -0.15) is 0 Å². The van der Waals surface area contributed by atoms with E-state index in [-0.39, 0.29) is 5.91 Å². The zero-order chi connectivity index (χ0) is 16.9. The minimum absolute atomic E-state index is 0.274. The number of carbonyl (C=O) groups is 1. The Labute approximate surface area is 140 Å². The first-order chi connectivity index (χ1) is 10.9. The van der Waals surface area contributed by atoms with Crippen molar-refractivity contribution in [1.82, 2.24) is 9.80 Å². The predicted molar refractivity (Wildman–Crippen MR) is 93.8 cm³/mol. The van der Waals surface area contributed by atoms with Crippen LogP contribution in [-0.2, 0) is 11.2 Å². The lowest BCUT2D eigenvalue weighted by Gasteiger charge is -2.37. The van der Waals surface area contributed by atoms with Gasteiger partial charge in [0.15, 0.2) is 0 Å². The van der Waals surface area contributed by atoms with Gasteiger partial charge in [0.05, 0.1) is 7.11 Å². The molecular formula is C19H30N2O2. The number of carbonyl (C=O) groups excluding carboxylic acids is 1. The largest absolute Gasteiger partial charge is 0.497 e. The Hall–Kier alpha value is -1.55. The standard InChI is InChI=1S/C19H30N2O2/c1-19(2,3)15-20-11-13-21(14-12-20)18(22)10-7-16-5-8-17(23-4)9-6-16/h5-6,8-9H,7,10-15H2,1-4H3. The summed E-state index contributed by atoms with van der Waals surface area (Å²) < 4.78 is 5.15. The fraction of sp³-hybridized carbons (Fsp3) is 0.632. The van der Waals surface area contributed by atoms with Crippen LogP contribution >= 0.6 is 0 Å². The zero-order valence-electron chi connectivity index (χ0n) is 15.0. The Morgan fingerprint density at radius 1 is 1.09 bits per heavy atom. The Balaban J connectivity index is 1.74. The van der Waals surface area contributed by atoms with Crippen LogP contribution < -0.4 is 4.74 Å². The van der Waals surface area contributed by atoms with E-state index in [9.17, 15) is 4.79 Å². The van der Waals surface area contributed by atoms with Gasteiger partial charge >= 0.3 is 0 Å². The number of amides is 1. The highest BCUT2D eigenvalue weighted by Crippen LogP contribution is 2.17. The van der Waals surface area contributed by atoms with Gasteiger partial charge in [0.2, 0.25) is 5.91 Å². The molecule has 0 aliphatic carbocycles. The average molecular weight is 318 g/mol. The molecule has 0 bridgehead atoms. The van der Waals surface area contributed by atoms with Crippen LogP contribution in [0, 0.1) is 5.41 Å². The third-order valence-electron chi connectivity index (χ3n) is 4.21. The molecule has 0 atom stereocenters. The van der Waals surface area contributed by atoms with E-state index >= 15 is 0 Å². The number of hydrogen-bond acceptors (Lipinski definition) is 3. The fourth-order valence-corrected chi connectivity index (χ4v) is 3.03. The first kappa shape index (κ1) is 17.8. The van der Waals surface area contributed by atoms with E-state index in [0.29, 0.717) is 11.8 Å². The molecule has 4 nitrogen and oxygen atoms in total. The molecule has 1 amide bonds. The number of rotatable bonds is 5. The highest BCUT2D eigenvalue weighted by Gasteiger charge is 2.23. The number of nitrogens with zero attached hydrogens (tertiary/aromatic N) is 2. The third kappa shape index (κ3) is 5.87. The van der Waals surface area contributed by atoms with Crippen molar-refractivity contribution in [2.24, 2.45) is 5.41 Å². The Kier molecular flexibility index (Phi) is 6.05. The molecule has 0 saturated carbocycles. The molecule has 1 aliphatic heterocycles. The summed E-state index contributed by atoms with van der Waals surface area (Å²) >= 11 is 0. The molecule has 0 radical (unpaired) electrons. The summed E-state index contributed by atoms with van der Waals surface area (Å²) in [4.78, 5) is 16.9. The topological polar surface area (TPSA) is 32.8 Å². The van der Waals surface area contributed by atoms with Crippen LogP contribution in [0.1, 0.15) is 32.8 Å². The van der Waals surface area contributed by atoms with Crippen LogP contribution in [0.4, 0.5) is 0 Å². The van der Waals surface area contributed by atoms with Crippen molar-refractivity contribution in [3.8, 4) is 5.75 Å². The molecule has 0 spiro atoms. The summed E-state index contributed by atoms with van der Waals surface area (Å²) in [6.45, 7) is 11.6. The lowest BCUT2D eigenvalue weighted by Crippen LogP contribution is -2.50. The molecule has 1 aromatic carbocycles. The van der Waals surface area contributed by atoms with Crippen LogP contribution in [-0.4, -0.2) is 55.5 Å². The van der Waals surface area contributed by atoms with Crippen LogP contribution in [0.15, 0.2) is 24.3 Å². The number of aryl methyl sites for hydroxylation is 1. The highest BCUT2D eigenvalue weighted by atomic mass is 16.5. The fourth-order valence-electron chi connectivity index (χ4n) is 3.03. The summed E-state index contributed by atoms with van der Waals surface area (Å²) in [6.07, 6.45) is 1.39. The second-order valence-corrected chi connectivity index (χ2v) is 7.57. The summed E-state index contributed by atoms with van der Waals surface area (Å²) in [5.74, 6) is 1.13. The summed E-state index contributed by atoms with van der Waals surface area (Å²) in [5.41, 5.74) is 1.51. The van der Waals surface area contributed by atoms with Gasteiger partial charge in [-0.25, -0.2) is 0 Å². The molecule has 23 heavy (non-hydrogen) atoms. The van der Waals surface area contributed by atoms with E-state index in [0.717, 1.165) is 44.9 Å². The smallest absolute Gasteiger partial charge is 0.222 e. The van der Waals surface area contributed by atoms with Crippen molar-refractivity contribution in [3.05, 3.63) is 29.8 Å². The molecule has 1 aromatic rings. The van der Waals surface area contributed by atoms with Gasteiger partial charge in [0.1, 0.15) is 5.75 Å². The van der Waals surface area contributed by atoms with Gasteiger partial charge in [-0.1, -0.05) is 32.9 Å². The van der Waals surface area contributed by atoms with Crippen LogP contribution in [0.3, 0.4) is 0 Å². The van der Waals surface area contributed by atoms with E-state index < -0.39 is 0 Å². The van der Waals surface area contributed by atoms with Crippen molar-refractivity contribution >= 4 is 5.91 Å². The predicted octanol–water partition coefficient (Wildman–Crippen LogP) is 2.82. The minimum atomic E-state index is 0.274. The van der Waals surface area contributed by atoms with E-state index in [1.54, 1.807) is 7.11 Å². The number of methoxy groups -OCH3 is 1.